The van der Waals surface area contributed by atoms with Gasteiger partial charge in [0.15, 0.2) is 17.1 Å². The summed E-state index contributed by atoms with van der Waals surface area (Å²) in [7, 11) is 0. The zero-order chi connectivity index (χ0) is 12.2. The molecule has 1 aliphatic heterocycles. The van der Waals surface area contributed by atoms with Crippen molar-refractivity contribution in [3.05, 3.63) is 40.2 Å². The predicted octanol–water partition coefficient (Wildman–Crippen LogP) is 2.23. The van der Waals surface area contributed by atoms with Crippen LogP contribution in [0.5, 0.6) is 5.75 Å². The number of rotatable bonds is 0. The van der Waals surface area contributed by atoms with E-state index in [0.29, 0.717) is 12.1 Å². The second-order valence-electron chi connectivity index (χ2n) is 4.14. The molecule has 2 aromatic rings. The van der Waals surface area contributed by atoms with Crippen molar-refractivity contribution < 1.29 is 13.5 Å². The van der Waals surface area contributed by atoms with Gasteiger partial charge in [-0.25, -0.2) is 8.78 Å². The average Bonchev–Trinajstić information content (AvgIpc) is 2.30. The second kappa shape index (κ2) is 3.29. The van der Waals surface area contributed by atoms with Gasteiger partial charge in [0.25, 0.3) is 0 Å². The fourth-order valence-corrected chi connectivity index (χ4v) is 2.15. The van der Waals surface area contributed by atoms with Crippen molar-refractivity contribution in [3.63, 3.8) is 0 Å². The lowest BCUT2D eigenvalue weighted by atomic mass is 10.1. The topological polar surface area (TPSA) is 31.2 Å². The van der Waals surface area contributed by atoms with Crippen LogP contribution in [0.1, 0.15) is 13.0 Å². The Balaban J connectivity index is 2.59. The SMILES string of the molecule is CC1COc2cc(F)c(F)c3c(=O)ccn1c23. The third-order valence-electron chi connectivity index (χ3n) is 3.00. The molecular weight excluding hydrogens is 228 g/mol. The molecule has 5 heteroatoms. The van der Waals surface area contributed by atoms with E-state index in [1.54, 1.807) is 10.8 Å². The summed E-state index contributed by atoms with van der Waals surface area (Å²) in [4.78, 5) is 11.6. The minimum Gasteiger partial charge on any atom is -0.489 e. The van der Waals surface area contributed by atoms with Crippen molar-refractivity contribution in [2.24, 2.45) is 0 Å². The van der Waals surface area contributed by atoms with E-state index in [9.17, 15) is 13.6 Å². The molecule has 1 atom stereocenters. The van der Waals surface area contributed by atoms with Crippen LogP contribution in [-0.4, -0.2) is 11.2 Å². The standard InChI is InChI=1S/C12H9F2NO2/c1-6-5-17-9-4-7(13)11(14)10-8(16)2-3-15(6)12(9)10/h2-4,6H,5H2,1H3. The molecule has 1 aliphatic rings. The van der Waals surface area contributed by atoms with E-state index in [4.69, 9.17) is 4.74 Å². The molecule has 0 radical (unpaired) electrons. The van der Waals surface area contributed by atoms with Gasteiger partial charge >= 0.3 is 0 Å². The molecule has 2 heterocycles. The Hall–Kier alpha value is -1.91. The molecule has 0 aliphatic carbocycles. The molecule has 1 aromatic carbocycles. The summed E-state index contributed by atoms with van der Waals surface area (Å²) in [5, 5.41) is -0.242. The molecular formula is C12H9F2NO2. The lowest BCUT2D eigenvalue weighted by Crippen LogP contribution is -2.23. The lowest BCUT2D eigenvalue weighted by molar-refractivity contribution is 0.245. The molecule has 0 saturated heterocycles. The highest BCUT2D eigenvalue weighted by atomic mass is 19.2. The fourth-order valence-electron chi connectivity index (χ4n) is 2.15. The summed E-state index contributed by atoms with van der Waals surface area (Å²) in [6.07, 6.45) is 1.58. The first-order valence-electron chi connectivity index (χ1n) is 5.25. The van der Waals surface area contributed by atoms with Gasteiger partial charge in [-0.1, -0.05) is 0 Å². The van der Waals surface area contributed by atoms with Gasteiger partial charge in [-0.15, -0.1) is 0 Å². The van der Waals surface area contributed by atoms with Crippen LogP contribution in [-0.2, 0) is 0 Å². The van der Waals surface area contributed by atoms with Gasteiger partial charge in [-0.2, -0.15) is 0 Å². The zero-order valence-corrected chi connectivity index (χ0v) is 9.04. The third kappa shape index (κ3) is 1.28. The van der Waals surface area contributed by atoms with Gasteiger partial charge in [0.1, 0.15) is 12.4 Å². The molecule has 0 fully saturated rings. The number of ether oxygens (including phenoxy) is 1. The van der Waals surface area contributed by atoms with E-state index in [2.05, 4.69) is 0 Å². The summed E-state index contributed by atoms with van der Waals surface area (Å²) in [5.41, 5.74) is -0.206. The zero-order valence-electron chi connectivity index (χ0n) is 9.04. The monoisotopic (exact) mass is 237 g/mol. The van der Waals surface area contributed by atoms with Crippen LogP contribution >= 0.6 is 0 Å². The van der Waals surface area contributed by atoms with Crippen molar-refractivity contribution in [1.29, 1.82) is 0 Å². The summed E-state index contributed by atoms with van der Waals surface area (Å²) in [6, 6.07) is 2.21. The highest BCUT2D eigenvalue weighted by Crippen LogP contribution is 2.33. The van der Waals surface area contributed by atoms with E-state index < -0.39 is 17.1 Å². The smallest absolute Gasteiger partial charge is 0.192 e. The molecule has 0 spiro atoms. The summed E-state index contributed by atoms with van der Waals surface area (Å²) in [6.45, 7) is 2.25. The van der Waals surface area contributed by atoms with Crippen LogP contribution in [0, 0.1) is 11.6 Å². The maximum Gasteiger partial charge on any atom is 0.192 e. The first-order chi connectivity index (χ1) is 8.09. The highest BCUT2D eigenvalue weighted by Gasteiger charge is 2.23. The van der Waals surface area contributed by atoms with Crippen LogP contribution in [0.25, 0.3) is 10.9 Å². The molecule has 88 valence electrons. The van der Waals surface area contributed by atoms with E-state index in [1.165, 1.54) is 6.07 Å². The number of hydrogen-bond donors (Lipinski definition) is 0. The number of aromatic nitrogens is 1. The minimum atomic E-state index is -1.11. The lowest BCUT2D eigenvalue weighted by Gasteiger charge is -2.26. The summed E-state index contributed by atoms with van der Waals surface area (Å²) in [5.74, 6) is -1.95. The van der Waals surface area contributed by atoms with Crippen LogP contribution in [0.2, 0.25) is 0 Å². The van der Waals surface area contributed by atoms with Crippen molar-refractivity contribution in [2.75, 3.05) is 6.61 Å². The first-order valence-corrected chi connectivity index (χ1v) is 5.25. The maximum atomic E-state index is 13.7. The number of hydrogen-bond acceptors (Lipinski definition) is 2. The Kier molecular flexibility index (Phi) is 1.98. The van der Waals surface area contributed by atoms with Crippen molar-refractivity contribution in [1.82, 2.24) is 4.57 Å². The molecule has 1 aromatic heterocycles. The van der Waals surface area contributed by atoms with E-state index >= 15 is 0 Å². The van der Waals surface area contributed by atoms with E-state index in [1.807, 2.05) is 6.92 Å². The second-order valence-corrected chi connectivity index (χ2v) is 4.14. The fraction of sp³-hybridized carbons (Fsp3) is 0.250. The number of halogens is 2. The van der Waals surface area contributed by atoms with Crippen molar-refractivity contribution in [3.8, 4) is 5.75 Å². The molecule has 1 unspecified atom stereocenters. The van der Waals surface area contributed by atoms with E-state index in [0.717, 1.165) is 6.07 Å². The Morgan fingerprint density at radius 3 is 3.00 bits per heavy atom. The Bertz CT molecular complexity index is 678. The number of pyridine rings is 1. The van der Waals surface area contributed by atoms with Gasteiger partial charge in [0, 0.05) is 18.3 Å². The molecule has 0 bridgehead atoms. The summed E-state index contributed by atoms with van der Waals surface area (Å²) >= 11 is 0. The summed E-state index contributed by atoms with van der Waals surface area (Å²) < 4.78 is 34.1. The Morgan fingerprint density at radius 2 is 2.24 bits per heavy atom. The third-order valence-corrected chi connectivity index (χ3v) is 3.00. The van der Waals surface area contributed by atoms with Gasteiger partial charge < -0.3 is 9.30 Å². The van der Waals surface area contributed by atoms with Crippen LogP contribution in [0.15, 0.2) is 23.1 Å². The van der Waals surface area contributed by atoms with Crippen LogP contribution in [0.3, 0.4) is 0 Å². The number of benzene rings is 1. The van der Waals surface area contributed by atoms with Crippen LogP contribution in [0.4, 0.5) is 8.78 Å². The van der Waals surface area contributed by atoms with E-state index in [-0.39, 0.29) is 17.2 Å². The molecule has 3 rings (SSSR count). The normalized spacial score (nSPS) is 18.2. The van der Waals surface area contributed by atoms with Gasteiger partial charge in [-0.05, 0) is 6.92 Å². The number of nitrogens with zero attached hydrogens (tertiary/aromatic N) is 1. The quantitative estimate of drug-likeness (QED) is 0.703. The van der Waals surface area contributed by atoms with Crippen LogP contribution < -0.4 is 10.2 Å². The Labute approximate surface area is 95.2 Å². The first kappa shape index (κ1) is 10.3. The van der Waals surface area contributed by atoms with Gasteiger partial charge in [0.05, 0.1) is 16.9 Å². The molecule has 0 N–H and O–H groups in total. The van der Waals surface area contributed by atoms with Crippen molar-refractivity contribution >= 4 is 10.9 Å². The molecule has 3 nitrogen and oxygen atoms in total. The molecule has 0 amide bonds. The Morgan fingerprint density at radius 1 is 1.47 bits per heavy atom. The van der Waals surface area contributed by atoms with Gasteiger partial charge in [0.2, 0.25) is 0 Å². The van der Waals surface area contributed by atoms with Crippen molar-refractivity contribution in [2.45, 2.75) is 13.0 Å². The molecule has 17 heavy (non-hydrogen) atoms. The maximum absolute atomic E-state index is 13.7. The largest absolute Gasteiger partial charge is 0.489 e. The predicted molar refractivity (Wildman–Crippen MR) is 58.3 cm³/mol. The highest BCUT2D eigenvalue weighted by molar-refractivity contribution is 5.86. The van der Waals surface area contributed by atoms with Gasteiger partial charge in [-0.3, -0.25) is 4.79 Å². The molecule has 0 saturated carbocycles. The minimum absolute atomic E-state index is 0.0181. The average molecular weight is 237 g/mol.